The van der Waals surface area contributed by atoms with Crippen molar-refractivity contribution < 1.29 is 18.7 Å². The average molecular weight is 327 g/mol. The van der Waals surface area contributed by atoms with E-state index in [1.54, 1.807) is 12.1 Å². The summed E-state index contributed by atoms with van der Waals surface area (Å²) in [5.74, 6) is 0.629. The summed E-state index contributed by atoms with van der Waals surface area (Å²) in [6.45, 7) is 0. The predicted octanol–water partition coefficient (Wildman–Crippen LogP) is 2.39. The van der Waals surface area contributed by atoms with Crippen LogP contribution < -0.4 is 15.1 Å². The summed E-state index contributed by atoms with van der Waals surface area (Å²) in [5, 5.41) is 0.665. The summed E-state index contributed by atoms with van der Waals surface area (Å²) in [6, 6.07) is 4.70. The van der Waals surface area contributed by atoms with Crippen LogP contribution in [0.1, 0.15) is 10.4 Å². The minimum absolute atomic E-state index is 0.0107. The number of carbonyl (C=O) groups excluding carboxylic acids is 1. The molecule has 0 fully saturated rings. The van der Waals surface area contributed by atoms with Crippen LogP contribution in [0, 0.1) is 0 Å². The Balaban J connectivity index is 2.72. The highest BCUT2D eigenvalue weighted by Gasteiger charge is 2.14. The van der Waals surface area contributed by atoms with Crippen LogP contribution in [0.25, 0.3) is 11.0 Å². The van der Waals surface area contributed by atoms with Crippen molar-refractivity contribution in [3.63, 3.8) is 0 Å². The van der Waals surface area contributed by atoms with Crippen molar-refractivity contribution in [2.45, 2.75) is 0 Å². The van der Waals surface area contributed by atoms with Crippen LogP contribution in [0.5, 0.6) is 11.5 Å². The Bertz CT molecular complexity index is 689. The standard InChI is InChI=1S/C13H11BrO5/c1-17-11-4-7-3-8(9(15)6-14)13(16)19-10(7)5-12(11)18-2/h3-5H,6H2,1-2H3. The highest BCUT2D eigenvalue weighted by Crippen LogP contribution is 2.31. The molecule has 19 heavy (non-hydrogen) atoms. The summed E-state index contributed by atoms with van der Waals surface area (Å²) >= 11 is 3.03. The molecule has 1 heterocycles. The third-order valence-corrected chi connectivity index (χ3v) is 3.17. The number of alkyl halides is 1. The van der Waals surface area contributed by atoms with Crippen molar-refractivity contribution in [2.24, 2.45) is 0 Å². The molecule has 0 N–H and O–H groups in total. The largest absolute Gasteiger partial charge is 0.493 e. The van der Waals surface area contributed by atoms with Crippen LogP contribution in [-0.4, -0.2) is 25.3 Å². The average Bonchev–Trinajstić information content (AvgIpc) is 2.44. The predicted molar refractivity (Wildman–Crippen MR) is 73.7 cm³/mol. The van der Waals surface area contributed by atoms with E-state index in [9.17, 15) is 9.59 Å². The zero-order chi connectivity index (χ0) is 14.0. The van der Waals surface area contributed by atoms with Crippen LogP contribution in [0.3, 0.4) is 0 Å². The SMILES string of the molecule is COc1cc2cc(C(=O)CBr)c(=O)oc2cc1OC. The van der Waals surface area contributed by atoms with E-state index in [1.807, 2.05) is 0 Å². The Morgan fingerprint density at radius 1 is 1.21 bits per heavy atom. The number of hydrogen-bond donors (Lipinski definition) is 0. The fourth-order valence-electron chi connectivity index (χ4n) is 1.71. The van der Waals surface area contributed by atoms with Crippen LogP contribution in [0.15, 0.2) is 27.4 Å². The van der Waals surface area contributed by atoms with Gasteiger partial charge in [-0.1, -0.05) is 15.9 Å². The molecule has 0 aliphatic carbocycles. The second-order valence-corrected chi connectivity index (χ2v) is 4.31. The van der Waals surface area contributed by atoms with Crippen molar-refractivity contribution in [1.29, 1.82) is 0 Å². The lowest BCUT2D eigenvalue weighted by molar-refractivity contribution is 0.102. The Hall–Kier alpha value is -1.82. The van der Waals surface area contributed by atoms with Gasteiger partial charge in [0.25, 0.3) is 0 Å². The number of Topliss-reactive ketones (excluding diaryl/α,β-unsaturated/α-hetero) is 1. The maximum Gasteiger partial charge on any atom is 0.347 e. The topological polar surface area (TPSA) is 65.7 Å². The van der Waals surface area contributed by atoms with Crippen molar-refractivity contribution in [3.05, 3.63) is 34.2 Å². The molecular formula is C13H11BrO5. The van der Waals surface area contributed by atoms with E-state index in [0.717, 1.165) is 0 Å². The van der Waals surface area contributed by atoms with Gasteiger partial charge in [-0.3, -0.25) is 4.79 Å². The number of hydrogen-bond acceptors (Lipinski definition) is 5. The monoisotopic (exact) mass is 326 g/mol. The van der Waals surface area contributed by atoms with Gasteiger partial charge in [0.15, 0.2) is 17.3 Å². The van der Waals surface area contributed by atoms with Crippen molar-refractivity contribution >= 4 is 32.7 Å². The molecule has 0 bridgehead atoms. The molecule has 1 aromatic heterocycles. The second-order valence-electron chi connectivity index (χ2n) is 3.75. The van der Waals surface area contributed by atoms with Gasteiger partial charge < -0.3 is 13.9 Å². The molecule has 6 heteroatoms. The first-order valence-corrected chi connectivity index (χ1v) is 6.52. The molecule has 1 aromatic carbocycles. The summed E-state index contributed by atoms with van der Waals surface area (Å²) in [5.41, 5.74) is -0.311. The first-order chi connectivity index (χ1) is 9.10. The summed E-state index contributed by atoms with van der Waals surface area (Å²) < 4.78 is 15.4. The molecule has 100 valence electrons. The Kier molecular flexibility index (Phi) is 3.90. The Morgan fingerprint density at radius 3 is 2.42 bits per heavy atom. The third kappa shape index (κ3) is 2.49. The molecule has 0 radical (unpaired) electrons. The highest BCUT2D eigenvalue weighted by atomic mass is 79.9. The molecule has 0 saturated carbocycles. The van der Waals surface area contributed by atoms with Crippen molar-refractivity contribution in [3.8, 4) is 11.5 Å². The highest BCUT2D eigenvalue weighted by molar-refractivity contribution is 9.09. The maximum absolute atomic E-state index is 11.7. The molecule has 2 aromatic rings. The molecule has 0 aliphatic rings. The lowest BCUT2D eigenvalue weighted by Gasteiger charge is -2.08. The van der Waals surface area contributed by atoms with Crippen LogP contribution in [0.2, 0.25) is 0 Å². The summed E-state index contributed by atoms with van der Waals surface area (Å²) in [4.78, 5) is 23.3. The fourth-order valence-corrected chi connectivity index (χ4v) is 2.01. The van der Waals surface area contributed by atoms with E-state index in [2.05, 4.69) is 15.9 Å². The summed E-state index contributed by atoms with van der Waals surface area (Å²) in [6.07, 6.45) is 0. The number of ether oxygens (including phenoxy) is 2. The molecule has 0 saturated heterocycles. The van der Waals surface area contributed by atoms with Crippen molar-refractivity contribution in [2.75, 3.05) is 19.5 Å². The van der Waals surface area contributed by atoms with E-state index < -0.39 is 5.63 Å². The van der Waals surface area contributed by atoms with Gasteiger partial charge in [-0.25, -0.2) is 4.79 Å². The fraction of sp³-hybridized carbons (Fsp3) is 0.231. The molecule has 0 spiro atoms. The first kappa shape index (κ1) is 13.6. The van der Waals surface area contributed by atoms with Gasteiger partial charge in [-0.15, -0.1) is 0 Å². The van der Waals surface area contributed by atoms with Crippen LogP contribution >= 0.6 is 15.9 Å². The minimum Gasteiger partial charge on any atom is -0.493 e. The normalized spacial score (nSPS) is 10.5. The zero-order valence-corrected chi connectivity index (χ0v) is 11.9. The molecule has 5 nitrogen and oxygen atoms in total. The lowest BCUT2D eigenvalue weighted by Crippen LogP contribution is -2.14. The zero-order valence-electron chi connectivity index (χ0n) is 10.4. The number of carbonyl (C=O) groups is 1. The van der Waals surface area contributed by atoms with Crippen LogP contribution in [-0.2, 0) is 0 Å². The number of methoxy groups -OCH3 is 2. The molecule has 0 atom stereocenters. The minimum atomic E-state index is -0.663. The second kappa shape index (κ2) is 5.44. The van der Waals surface area contributed by atoms with E-state index in [4.69, 9.17) is 13.9 Å². The molecule has 0 amide bonds. The molecule has 0 aliphatic heterocycles. The van der Waals surface area contributed by atoms with E-state index in [-0.39, 0.29) is 16.7 Å². The van der Waals surface area contributed by atoms with Gasteiger partial charge in [-0.2, -0.15) is 0 Å². The number of ketones is 1. The Morgan fingerprint density at radius 2 is 1.84 bits per heavy atom. The number of halogens is 1. The quantitative estimate of drug-likeness (QED) is 0.490. The number of fused-ring (bicyclic) bond motifs is 1. The van der Waals surface area contributed by atoms with Crippen LogP contribution in [0.4, 0.5) is 0 Å². The van der Waals surface area contributed by atoms with Gasteiger partial charge in [0, 0.05) is 11.5 Å². The van der Waals surface area contributed by atoms with Crippen molar-refractivity contribution in [1.82, 2.24) is 0 Å². The van der Waals surface area contributed by atoms with Gasteiger partial charge in [0.05, 0.1) is 19.5 Å². The lowest BCUT2D eigenvalue weighted by atomic mass is 10.1. The molecular weight excluding hydrogens is 316 g/mol. The van der Waals surface area contributed by atoms with E-state index in [1.165, 1.54) is 20.3 Å². The number of rotatable bonds is 4. The third-order valence-electron chi connectivity index (χ3n) is 2.66. The Labute approximate surface area is 117 Å². The molecule has 2 rings (SSSR count). The maximum atomic E-state index is 11.7. The van der Waals surface area contributed by atoms with E-state index in [0.29, 0.717) is 22.5 Å². The van der Waals surface area contributed by atoms with Gasteiger partial charge >= 0.3 is 5.63 Å². The van der Waals surface area contributed by atoms with Gasteiger partial charge in [0.1, 0.15) is 11.1 Å². The number of benzene rings is 1. The first-order valence-electron chi connectivity index (χ1n) is 5.39. The van der Waals surface area contributed by atoms with Gasteiger partial charge in [-0.05, 0) is 12.1 Å². The smallest absolute Gasteiger partial charge is 0.347 e. The summed E-state index contributed by atoms with van der Waals surface area (Å²) in [7, 11) is 3.00. The molecule has 0 unspecified atom stereocenters. The van der Waals surface area contributed by atoms with Gasteiger partial charge in [0.2, 0.25) is 0 Å². The van der Waals surface area contributed by atoms with E-state index >= 15 is 0 Å².